The van der Waals surface area contributed by atoms with E-state index in [0.29, 0.717) is 5.82 Å². The Balaban J connectivity index is 1.17. The van der Waals surface area contributed by atoms with Crippen molar-refractivity contribution in [1.82, 2.24) is 15.0 Å². The van der Waals surface area contributed by atoms with E-state index in [1.165, 1.54) is 49.5 Å². The maximum Gasteiger partial charge on any atom is 0.161 e. The van der Waals surface area contributed by atoms with Gasteiger partial charge in [0, 0.05) is 33.7 Å². The van der Waals surface area contributed by atoms with Gasteiger partial charge in [0.15, 0.2) is 5.82 Å². The van der Waals surface area contributed by atoms with Crippen LogP contribution in [0.2, 0.25) is 0 Å². The zero-order valence-corrected chi connectivity index (χ0v) is 28.4. The maximum absolute atomic E-state index is 5.28. The van der Waals surface area contributed by atoms with Gasteiger partial charge in [-0.1, -0.05) is 141 Å². The van der Waals surface area contributed by atoms with Gasteiger partial charge in [-0.25, -0.2) is 9.97 Å². The van der Waals surface area contributed by atoms with Crippen LogP contribution >= 0.6 is 0 Å². The van der Waals surface area contributed by atoms with E-state index < -0.39 is 0 Å². The van der Waals surface area contributed by atoms with Gasteiger partial charge in [-0.2, -0.15) is 0 Å². The van der Waals surface area contributed by atoms with Crippen LogP contribution in [0.5, 0.6) is 0 Å². The number of hydrogen-bond acceptors (Lipinski definition) is 3. The molecule has 2 heterocycles. The number of benzene rings is 7. The van der Waals surface area contributed by atoms with E-state index >= 15 is 0 Å². The third-order valence-electron chi connectivity index (χ3n) is 10.8. The van der Waals surface area contributed by atoms with E-state index in [1.54, 1.807) is 0 Å². The zero-order valence-electron chi connectivity index (χ0n) is 28.4. The van der Waals surface area contributed by atoms with E-state index in [1.807, 2.05) is 24.4 Å². The number of rotatable bonds is 4. The highest BCUT2D eigenvalue weighted by Crippen LogP contribution is 2.52. The summed E-state index contributed by atoms with van der Waals surface area (Å²) in [5, 5.41) is 5.95. The highest BCUT2D eigenvalue weighted by atomic mass is 14.9. The third kappa shape index (κ3) is 4.62. The average molecular weight is 652 g/mol. The average Bonchev–Trinajstić information content (AvgIpc) is 3.43. The molecule has 7 aromatic carbocycles. The van der Waals surface area contributed by atoms with Crippen molar-refractivity contribution in [3.63, 3.8) is 0 Å². The lowest BCUT2D eigenvalue weighted by molar-refractivity contribution is 0.661. The summed E-state index contributed by atoms with van der Waals surface area (Å²) in [6.45, 7) is 4.70. The predicted octanol–water partition coefficient (Wildman–Crippen LogP) is 12.3. The van der Waals surface area contributed by atoms with Crippen LogP contribution in [-0.2, 0) is 5.41 Å². The molecule has 51 heavy (non-hydrogen) atoms. The van der Waals surface area contributed by atoms with Crippen LogP contribution in [0.3, 0.4) is 0 Å². The molecule has 9 aromatic rings. The maximum atomic E-state index is 5.28. The van der Waals surface area contributed by atoms with Crippen molar-refractivity contribution in [2.24, 2.45) is 0 Å². The van der Waals surface area contributed by atoms with E-state index in [9.17, 15) is 0 Å². The molecule has 2 aromatic heterocycles. The van der Waals surface area contributed by atoms with Crippen LogP contribution in [0.1, 0.15) is 25.0 Å². The van der Waals surface area contributed by atoms with Gasteiger partial charge in [-0.15, -0.1) is 0 Å². The molecule has 0 atom stereocenters. The Hall–Kier alpha value is -6.45. The summed E-state index contributed by atoms with van der Waals surface area (Å²) in [5.74, 6) is 0.700. The monoisotopic (exact) mass is 651 g/mol. The van der Waals surface area contributed by atoms with Gasteiger partial charge in [0.05, 0.1) is 16.9 Å². The van der Waals surface area contributed by atoms with Gasteiger partial charge in [-0.05, 0) is 85.3 Å². The van der Waals surface area contributed by atoms with Gasteiger partial charge in [0.25, 0.3) is 0 Å². The molecular weight excluding hydrogens is 619 g/mol. The fourth-order valence-electron chi connectivity index (χ4n) is 8.23. The van der Waals surface area contributed by atoms with E-state index in [0.717, 1.165) is 44.4 Å². The van der Waals surface area contributed by atoms with Crippen LogP contribution in [0.15, 0.2) is 164 Å². The Morgan fingerprint density at radius 2 is 1.14 bits per heavy atom. The highest BCUT2D eigenvalue weighted by Gasteiger charge is 2.36. The van der Waals surface area contributed by atoms with E-state index in [-0.39, 0.29) is 5.41 Å². The Morgan fingerprint density at radius 3 is 2.00 bits per heavy atom. The number of fused-ring (bicyclic) bond motifs is 7. The smallest absolute Gasteiger partial charge is 0.161 e. The minimum Gasteiger partial charge on any atom is -0.256 e. The van der Waals surface area contributed by atoms with Crippen molar-refractivity contribution < 1.29 is 0 Å². The molecule has 240 valence electrons. The van der Waals surface area contributed by atoms with Crippen molar-refractivity contribution in [1.29, 1.82) is 0 Å². The molecule has 0 unspecified atom stereocenters. The standard InChI is InChI=1S/C48H33N3/c1-48(2)41-25-22-32(28-40(41)46-34-15-7-6-12-30(34)21-26-42(46)48)33-23-24-39(36-17-9-8-16-35(33)36)47-50-44(31-13-4-3-5-14-31)29-45(51-47)38-18-10-20-43-37(38)19-11-27-49-43/h3-29H,1-2H3. The van der Waals surface area contributed by atoms with Crippen molar-refractivity contribution >= 4 is 32.4 Å². The van der Waals surface area contributed by atoms with Crippen LogP contribution in [0.25, 0.3) is 88.6 Å². The van der Waals surface area contributed by atoms with Gasteiger partial charge in [-0.3, -0.25) is 4.98 Å². The first kappa shape index (κ1) is 29.5. The summed E-state index contributed by atoms with van der Waals surface area (Å²) in [4.78, 5) is 15.1. The largest absolute Gasteiger partial charge is 0.256 e. The Bertz CT molecular complexity index is 2830. The molecule has 0 bridgehead atoms. The second kappa shape index (κ2) is 11.3. The molecule has 0 saturated heterocycles. The molecule has 3 nitrogen and oxygen atoms in total. The minimum atomic E-state index is -0.0713. The molecule has 0 radical (unpaired) electrons. The molecule has 0 amide bonds. The SMILES string of the molecule is CC1(C)c2ccc(-c3ccc(-c4nc(-c5ccccc5)cc(-c5cccc6ncccc56)n4)c4ccccc34)cc2-c2c1ccc1ccccc21. The minimum absolute atomic E-state index is 0.0713. The van der Waals surface area contributed by atoms with Crippen LogP contribution in [0.4, 0.5) is 0 Å². The van der Waals surface area contributed by atoms with Gasteiger partial charge in [0.2, 0.25) is 0 Å². The third-order valence-corrected chi connectivity index (χ3v) is 10.8. The molecule has 0 N–H and O–H groups in total. The van der Waals surface area contributed by atoms with Gasteiger partial charge in [0.1, 0.15) is 0 Å². The summed E-state index contributed by atoms with van der Waals surface area (Å²) < 4.78 is 0. The zero-order chi connectivity index (χ0) is 34.1. The topological polar surface area (TPSA) is 38.7 Å². The molecule has 10 rings (SSSR count). The second-order valence-electron chi connectivity index (χ2n) is 14.0. The van der Waals surface area contributed by atoms with Gasteiger partial charge >= 0.3 is 0 Å². The molecule has 0 saturated carbocycles. The normalized spacial score (nSPS) is 13.1. The first-order chi connectivity index (χ1) is 25.0. The summed E-state index contributed by atoms with van der Waals surface area (Å²) in [7, 11) is 0. The van der Waals surface area contributed by atoms with Crippen LogP contribution in [-0.4, -0.2) is 15.0 Å². The van der Waals surface area contributed by atoms with Gasteiger partial charge < -0.3 is 0 Å². The van der Waals surface area contributed by atoms with E-state index in [4.69, 9.17) is 9.97 Å². The van der Waals surface area contributed by atoms with Crippen molar-refractivity contribution in [3.05, 3.63) is 175 Å². The molecule has 3 heteroatoms. The molecule has 0 fully saturated rings. The number of aromatic nitrogens is 3. The lowest BCUT2D eigenvalue weighted by Crippen LogP contribution is -2.14. The molecule has 1 aliphatic carbocycles. The molecule has 0 spiro atoms. The first-order valence-corrected chi connectivity index (χ1v) is 17.5. The second-order valence-corrected chi connectivity index (χ2v) is 14.0. The number of hydrogen-bond donors (Lipinski definition) is 0. The fraction of sp³-hybridized carbons (Fsp3) is 0.0625. The lowest BCUT2D eigenvalue weighted by atomic mass is 9.81. The quantitative estimate of drug-likeness (QED) is 0.190. The Morgan fingerprint density at radius 1 is 0.431 bits per heavy atom. The molecular formula is C48H33N3. The number of pyridine rings is 1. The Kier molecular flexibility index (Phi) is 6.53. The van der Waals surface area contributed by atoms with Crippen molar-refractivity contribution in [2.75, 3.05) is 0 Å². The summed E-state index contributed by atoms with van der Waals surface area (Å²) in [5.41, 5.74) is 13.6. The van der Waals surface area contributed by atoms with Crippen LogP contribution < -0.4 is 0 Å². The van der Waals surface area contributed by atoms with Crippen molar-refractivity contribution in [3.8, 4) is 56.2 Å². The first-order valence-electron chi connectivity index (χ1n) is 17.5. The number of nitrogens with zero attached hydrogens (tertiary/aromatic N) is 3. The molecule has 1 aliphatic rings. The summed E-state index contributed by atoms with van der Waals surface area (Å²) in [6, 6.07) is 56.4. The summed E-state index contributed by atoms with van der Waals surface area (Å²) in [6.07, 6.45) is 1.84. The van der Waals surface area contributed by atoms with E-state index in [2.05, 4.69) is 158 Å². The Labute approximate surface area is 297 Å². The highest BCUT2D eigenvalue weighted by molar-refractivity contribution is 6.07. The molecule has 0 aliphatic heterocycles. The predicted molar refractivity (Wildman–Crippen MR) is 212 cm³/mol. The van der Waals surface area contributed by atoms with Crippen molar-refractivity contribution in [2.45, 2.75) is 19.3 Å². The summed E-state index contributed by atoms with van der Waals surface area (Å²) >= 11 is 0. The fourth-order valence-corrected chi connectivity index (χ4v) is 8.23. The van der Waals surface area contributed by atoms with Crippen LogP contribution in [0, 0.1) is 0 Å². The lowest BCUT2D eigenvalue weighted by Gasteiger charge is -2.21.